The molecule has 1 aromatic rings. The second kappa shape index (κ2) is 4.82. The highest BCUT2D eigenvalue weighted by molar-refractivity contribution is 5.82. The lowest BCUT2D eigenvalue weighted by atomic mass is 10.1. The Kier molecular flexibility index (Phi) is 3.72. The van der Waals surface area contributed by atoms with Gasteiger partial charge in [-0.3, -0.25) is 0 Å². The molecule has 82 valence electrons. The van der Waals surface area contributed by atoms with E-state index in [-0.39, 0.29) is 6.10 Å². The van der Waals surface area contributed by atoms with Gasteiger partial charge in [0.15, 0.2) is 0 Å². The molecule has 0 saturated heterocycles. The lowest BCUT2D eigenvalue weighted by molar-refractivity contribution is 0.0873. The summed E-state index contributed by atoms with van der Waals surface area (Å²) in [6.45, 7) is 7.87. The molecule has 3 heteroatoms. The first-order chi connectivity index (χ1) is 7.00. The topological polar surface area (TPSA) is 47.6 Å². The third-order valence-corrected chi connectivity index (χ3v) is 2.12. The van der Waals surface area contributed by atoms with Crippen molar-refractivity contribution in [2.75, 3.05) is 5.73 Å². The number of hydrogen-bond acceptors (Lipinski definition) is 3. The van der Waals surface area contributed by atoms with Gasteiger partial charge in [0.2, 0.25) is 0 Å². The van der Waals surface area contributed by atoms with Crippen LogP contribution in [0, 0.1) is 13.8 Å². The summed E-state index contributed by atoms with van der Waals surface area (Å²) in [7, 11) is 0. The summed E-state index contributed by atoms with van der Waals surface area (Å²) in [4.78, 5) is 5.11. The van der Waals surface area contributed by atoms with E-state index in [1.54, 1.807) is 6.21 Å². The van der Waals surface area contributed by atoms with E-state index >= 15 is 0 Å². The van der Waals surface area contributed by atoms with Crippen molar-refractivity contribution in [3.63, 3.8) is 0 Å². The Bertz CT molecular complexity index is 370. The molecule has 0 amide bonds. The number of anilines is 1. The minimum Gasteiger partial charge on any atom is -0.399 e. The second-order valence-corrected chi connectivity index (χ2v) is 3.95. The van der Waals surface area contributed by atoms with Crippen LogP contribution in [0.5, 0.6) is 0 Å². The summed E-state index contributed by atoms with van der Waals surface area (Å²) < 4.78 is 0. The number of oxime groups is 1. The van der Waals surface area contributed by atoms with Crippen molar-refractivity contribution in [2.24, 2.45) is 5.16 Å². The fourth-order valence-corrected chi connectivity index (χ4v) is 1.21. The molecule has 0 spiro atoms. The Morgan fingerprint density at radius 2 is 1.93 bits per heavy atom. The number of aryl methyl sites for hydroxylation is 2. The van der Waals surface area contributed by atoms with Crippen LogP contribution in [0.3, 0.4) is 0 Å². The van der Waals surface area contributed by atoms with E-state index in [9.17, 15) is 0 Å². The van der Waals surface area contributed by atoms with Crippen LogP contribution in [-0.4, -0.2) is 12.3 Å². The molecule has 0 aliphatic carbocycles. The number of nitrogen functional groups attached to an aromatic ring is 1. The van der Waals surface area contributed by atoms with Crippen LogP contribution in [0.15, 0.2) is 17.3 Å². The van der Waals surface area contributed by atoms with Gasteiger partial charge in [0.05, 0.1) is 6.21 Å². The summed E-state index contributed by atoms with van der Waals surface area (Å²) >= 11 is 0. The maximum Gasteiger partial charge on any atom is 0.122 e. The quantitative estimate of drug-likeness (QED) is 0.469. The lowest BCUT2D eigenvalue weighted by Crippen LogP contribution is -1.98. The van der Waals surface area contributed by atoms with Crippen LogP contribution >= 0.6 is 0 Å². The van der Waals surface area contributed by atoms with Crippen LogP contribution in [0.25, 0.3) is 0 Å². The smallest absolute Gasteiger partial charge is 0.122 e. The Labute approximate surface area is 90.9 Å². The highest BCUT2D eigenvalue weighted by atomic mass is 16.6. The maximum atomic E-state index is 5.79. The molecule has 1 aromatic carbocycles. The molecule has 0 saturated carbocycles. The number of hydrogen-bond donors (Lipinski definition) is 1. The van der Waals surface area contributed by atoms with Gasteiger partial charge in [-0.15, -0.1) is 0 Å². The Morgan fingerprint density at radius 1 is 1.27 bits per heavy atom. The van der Waals surface area contributed by atoms with Gasteiger partial charge >= 0.3 is 0 Å². The van der Waals surface area contributed by atoms with Gasteiger partial charge in [0.25, 0.3) is 0 Å². The molecule has 15 heavy (non-hydrogen) atoms. The van der Waals surface area contributed by atoms with Crippen molar-refractivity contribution < 1.29 is 4.84 Å². The number of benzene rings is 1. The van der Waals surface area contributed by atoms with E-state index < -0.39 is 0 Å². The Balaban J connectivity index is 2.86. The highest BCUT2D eigenvalue weighted by Crippen LogP contribution is 2.16. The van der Waals surface area contributed by atoms with Gasteiger partial charge in [-0.05, 0) is 56.5 Å². The maximum absolute atomic E-state index is 5.79. The van der Waals surface area contributed by atoms with Gasteiger partial charge in [-0.25, -0.2) is 0 Å². The average Bonchev–Trinajstić information content (AvgIpc) is 2.13. The van der Waals surface area contributed by atoms with Crippen LogP contribution < -0.4 is 5.73 Å². The van der Waals surface area contributed by atoms with Gasteiger partial charge in [0.1, 0.15) is 6.10 Å². The van der Waals surface area contributed by atoms with E-state index in [0.717, 1.165) is 22.4 Å². The fourth-order valence-electron chi connectivity index (χ4n) is 1.21. The fraction of sp³-hybridized carbons (Fsp3) is 0.417. The van der Waals surface area contributed by atoms with Gasteiger partial charge < -0.3 is 10.6 Å². The van der Waals surface area contributed by atoms with Crippen LogP contribution in [-0.2, 0) is 4.84 Å². The largest absolute Gasteiger partial charge is 0.399 e. The summed E-state index contributed by atoms with van der Waals surface area (Å²) in [5.41, 5.74) is 9.82. The predicted octanol–water partition coefficient (Wildman–Crippen LogP) is 2.64. The molecule has 3 nitrogen and oxygen atoms in total. The van der Waals surface area contributed by atoms with Gasteiger partial charge in [-0.1, -0.05) is 5.16 Å². The van der Waals surface area contributed by atoms with Crippen molar-refractivity contribution in [2.45, 2.75) is 33.8 Å². The van der Waals surface area contributed by atoms with Gasteiger partial charge in [-0.2, -0.15) is 0 Å². The van der Waals surface area contributed by atoms with Crippen LogP contribution in [0.1, 0.15) is 30.5 Å². The van der Waals surface area contributed by atoms with E-state index in [0.29, 0.717) is 0 Å². The van der Waals surface area contributed by atoms with Crippen molar-refractivity contribution in [3.8, 4) is 0 Å². The Hall–Kier alpha value is -1.51. The minimum atomic E-state index is 0.108. The first kappa shape index (κ1) is 11.6. The monoisotopic (exact) mass is 206 g/mol. The molecule has 0 aromatic heterocycles. The summed E-state index contributed by atoms with van der Waals surface area (Å²) in [6.07, 6.45) is 1.83. The SMILES string of the molecule is Cc1cc(/C=N/OC(C)C)c(C)cc1N. The molecule has 1 rings (SSSR count). The van der Waals surface area contributed by atoms with Crippen molar-refractivity contribution >= 4 is 11.9 Å². The Morgan fingerprint density at radius 3 is 2.53 bits per heavy atom. The first-order valence-corrected chi connectivity index (χ1v) is 5.06. The molecule has 0 heterocycles. The minimum absolute atomic E-state index is 0.108. The average molecular weight is 206 g/mol. The van der Waals surface area contributed by atoms with Gasteiger partial charge in [0, 0.05) is 5.69 Å². The number of nitrogens with zero attached hydrogens (tertiary/aromatic N) is 1. The zero-order valence-corrected chi connectivity index (χ0v) is 9.74. The summed E-state index contributed by atoms with van der Waals surface area (Å²) in [6, 6.07) is 3.96. The molecule has 0 radical (unpaired) electrons. The summed E-state index contributed by atoms with van der Waals surface area (Å²) in [5, 5.41) is 3.91. The second-order valence-electron chi connectivity index (χ2n) is 3.95. The normalized spacial score (nSPS) is 11.3. The highest BCUT2D eigenvalue weighted by Gasteiger charge is 2.00. The van der Waals surface area contributed by atoms with Crippen LogP contribution in [0.4, 0.5) is 5.69 Å². The molecule has 0 fully saturated rings. The molecule has 0 bridgehead atoms. The molecular formula is C12H18N2O. The predicted molar refractivity (Wildman–Crippen MR) is 64.1 cm³/mol. The van der Waals surface area contributed by atoms with E-state index in [4.69, 9.17) is 10.6 Å². The van der Waals surface area contributed by atoms with Crippen LogP contribution in [0.2, 0.25) is 0 Å². The molecule has 0 aliphatic heterocycles. The zero-order valence-electron chi connectivity index (χ0n) is 9.74. The summed E-state index contributed by atoms with van der Waals surface area (Å²) in [5.74, 6) is 0. The molecule has 0 atom stereocenters. The third kappa shape index (κ3) is 3.27. The first-order valence-electron chi connectivity index (χ1n) is 5.06. The number of rotatable bonds is 3. The number of nitrogens with two attached hydrogens (primary N) is 1. The molecule has 0 aliphatic rings. The van der Waals surface area contributed by atoms with E-state index in [1.807, 2.05) is 39.8 Å². The molecule has 0 unspecified atom stereocenters. The third-order valence-electron chi connectivity index (χ3n) is 2.12. The molecular weight excluding hydrogens is 188 g/mol. The zero-order chi connectivity index (χ0) is 11.4. The van der Waals surface area contributed by atoms with E-state index in [2.05, 4.69) is 5.16 Å². The van der Waals surface area contributed by atoms with Crippen molar-refractivity contribution in [3.05, 3.63) is 28.8 Å². The van der Waals surface area contributed by atoms with E-state index in [1.165, 1.54) is 0 Å². The van der Waals surface area contributed by atoms with Crippen molar-refractivity contribution in [1.82, 2.24) is 0 Å². The lowest BCUT2D eigenvalue weighted by Gasteiger charge is -2.06. The molecule has 2 N–H and O–H groups in total. The standard InChI is InChI=1S/C12H18N2O/c1-8(2)15-14-7-11-5-10(4)12(13)6-9(11)3/h5-8H,13H2,1-4H3/b14-7+. The van der Waals surface area contributed by atoms with Crippen molar-refractivity contribution in [1.29, 1.82) is 0 Å².